The maximum Gasteiger partial charge on any atom is 0.416 e. The second kappa shape index (κ2) is 9.54. The first-order valence-corrected chi connectivity index (χ1v) is 11.7. The number of sulfonamides is 1. The number of carbonyl (C=O) groups is 1. The lowest BCUT2D eigenvalue weighted by Gasteiger charge is -2.30. The molecule has 0 radical (unpaired) electrons. The van der Waals surface area contributed by atoms with Gasteiger partial charge in [-0.3, -0.25) is 4.79 Å². The number of nitrogens with one attached hydrogen (secondary N) is 2. The third kappa shape index (κ3) is 5.96. The number of likely N-dealkylation sites (tertiary alicyclic amines) is 1. The summed E-state index contributed by atoms with van der Waals surface area (Å²) in [6.45, 7) is 0.738. The van der Waals surface area contributed by atoms with Crippen molar-refractivity contribution in [3.63, 3.8) is 0 Å². The summed E-state index contributed by atoms with van der Waals surface area (Å²) in [6.07, 6.45) is -0.565. The Balaban J connectivity index is 1.46. The predicted octanol–water partition coefficient (Wildman–Crippen LogP) is 2.40. The van der Waals surface area contributed by atoms with Crippen molar-refractivity contribution in [1.29, 1.82) is 5.26 Å². The number of benzene rings is 1. The molecule has 1 aliphatic heterocycles. The summed E-state index contributed by atoms with van der Waals surface area (Å²) in [4.78, 5) is 13.7. The number of rotatable bonds is 6. The Labute approximate surface area is 179 Å². The van der Waals surface area contributed by atoms with Gasteiger partial charge in [0.15, 0.2) is 0 Å². The Morgan fingerprint density at radius 3 is 2.29 bits per heavy atom. The number of amides is 1. The van der Waals surface area contributed by atoms with E-state index in [0.717, 1.165) is 30.7 Å². The summed E-state index contributed by atoms with van der Waals surface area (Å²) in [5, 5.41) is 12.3. The van der Waals surface area contributed by atoms with Gasteiger partial charge in [-0.25, -0.2) is 13.1 Å². The van der Waals surface area contributed by atoms with Crippen LogP contribution in [0.2, 0.25) is 0 Å². The average molecular weight is 459 g/mol. The molecular weight excluding hydrogens is 433 g/mol. The smallest absolute Gasteiger partial charge is 0.326 e. The minimum atomic E-state index is -4.52. The number of halogens is 3. The van der Waals surface area contributed by atoms with Crippen LogP contribution in [0.3, 0.4) is 0 Å². The third-order valence-electron chi connectivity index (χ3n) is 5.81. The van der Waals surface area contributed by atoms with E-state index < -0.39 is 21.8 Å². The van der Waals surface area contributed by atoms with Crippen molar-refractivity contribution in [3.8, 4) is 6.07 Å². The van der Waals surface area contributed by atoms with Gasteiger partial charge >= 0.3 is 6.18 Å². The number of hydrogen-bond acceptors (Lipinski definition) is 5. The van der Waals surface area contributed by atoms with E-state index in [4.69, 9.17) is 5.26 Å². The van der Waals surface area contributed by atoms with Gasteiger partial charge in [0.1, 0.15) is 6.04 Å². The fourth-order valence-electron chi connectivity index (χ4n) is 4.06. The highest BCUT2D eigenvalue weighted by atomic mass is 32.2. The van der Waals surface area contributed by atoms with Crippen molar-refractivity contribution in [2.24, 2.45) is 0 Å². The molecule has 0 aromatic heterocycles. The van der Waals surface area contributed by atoms with Crippen molar-refractivity contribution in [1.82, 2.24) is 14.9 Å². The number of alkyl halides is 3. The van der Waals surface area contributed by atoms with Crippen LogP contribution in [-0.2, 0) is 21.0 Å². The summed E-state index contributed by atoms with van der Waals surface area (Å²) in [5.41, 5.74) is -0.900. The van der Waals surface area contributed by atoms with Crippen LogP contribution in [0.5, 0.6) is 0 Å². The SMILES string of the molecule is N#C[C@@H]1CCCN1C(=O)CNC1CCC(NS(=O)(=O)c2ccc(C(F)(F)F)cc2)CC1. The number of nitriles is 1. The van der Waals surface area contributed by atoms with Crippen LogP contribution in [0.4, 0.5) is 13.2 Å². The maximum atomic E-state index is 12.7. The Kier molecular flexibility index (Phi) is 7.24. The lowest BCUT2D eigenvalue weighted by Crippen LogP contribution is -2.46. The second-order valence-electron chi connectivity index (χ2n) is 7.95. The Hall–Kier alpha value is -2.16. The van der Waals surface area contributed by atoms with E-state index >= 15 is 0 Å². The van der Waals surface area contributed by atoms with Gasteiger partial charge in [-0.15, -0.1) is 0 Å². The van der Waals surface area contributed by atoms with Crippen molar-refractivity contribution in [2.75, 3.05) is 13.1 Å². The molecule has 1 aromatic rings. The van der Waals surface area contributed by atoms with Gasteiger partial charge in [0.2, 0.25) is 15.9 Å². The minimum Gasteiger partial charge on any atom is -0.326 e. The van der Waals surface area contributed by atoms with Crippen LogP contribution in [0.15, 0.2) is 29.2 Å². The highest BCUT2D eigenvalue weighted by molar-refractivity contribution is 7.89. The summed E-state index contributed by atoms with van der Waals surface area (Å²) < 4.78 is 65.5. The molecule has 7 nitrogen and oxygen atoms in total. The number of nitrogens with zero attached hydrogens (tertiary/aromatic N) is 2. The molecule has 0 spiro atoms. The van der Waals surface area contributed by atoms with Crippen molar-refractivity contribution in [3.05, 3.63) is 29.8 Å². The molecule has 2 N–H and O–H groups in total. The van der Waals surface area contributed by atoms with Gasteiger partial charge < -0.3 is 10.2 Å². The van der Waals surface area contributed by atoms with Crippen LogP contribution in [0, 0.1) is 11.3 Å². The van der Waals surface area contributed by atoms with Crippen LogP contribution < -0.4 is 10.0 Å². The van der Waals surface area contributed by atoms with E-state index in [-0.39, 0.29) is 35.5 Å². The molecule has 11 heteroatoms. The van der Waals surface area contributed by atoms with Gasteiger partial charge in [0.05, 0.1) is 23.1 Å². The van der Waals surface area contributed by atoms with E-state index in [1.54, 1.807) is 4.90 Å². The van der Waals surface area contributed by atoms with Gasteiger partial charge in [0, 0.05) is 18.6 Å². The zero-order valence-electron chi connectivity index (χ0n) is 16.9. The monoisotopic (exact) mass is 458 g/mol. The van der Waals surface area contributed by atoms with E-state index in [1.165, 1.54) is 0 Å². The quantitative estimate of drug-likeness (QED) is 0.682. The van der Waals surface area contributed by atoms with Crippen LogP contribution >= 0.6 is 0 Å². The summed E-state index contributed by atoms with van der Waals surface area (Å²) in [5.74, 6) is -0.103. The van der Waals surface area contributed by atoms with E-state index in [2.05, 4.69) is 16.1 Å². The van der Waals surface area contributed by atoms with Crippen LogP contribution in [-0.4, -0.2) is 50.4 Å². The molecular formula is C20H25F3N4O3S. The highest BCUT2D eigenvalue weighted by Crippen LogP contribution is 2.30. The molecule has 1 saturated carbocycles. The third-order valence-corrected chi connectivity index (χ3v) is 7.34. The standard InChI is InChI=1S/C20H25F3N4O3S/c21-20(22,23)14-3-9-18(10-4-14)31(29,30)26-16-7-5-15(6-8-16)25-13-19(28)27-11-1-2-17(27)12-24/h3-4,9-10,15-17,25-26H,1-2,5-8,11,13H2/t15?,16?,17-/m0/s1. The van der Waals surface area contributed by atoms with E-state index in [9.17, 15) is 26.4 Å². The first-order chi connectivity index (χ1) is 14.6. The van der Waals surface area contributed by atoms with E-state index in [0.29, 0.717) is 38.6 Å². The second-order valence-corrected chi connectivity index (χ2v) is 9.66. The largest absolute Gasteiger partial charge is 0.416 e. The first-order valence-electron chi connectivity index (χ1n) is 10.2. The normalized spacial score (nSPS) is 24.7. The zero-order chi connectivity index (χ0) is 22.6. The molecule has 0 unspecified atom stereocenters. The van der Waals surface area contributed by atoms with Crippen molar-refractivity contribution in [2.45, 2.75) is 67.7 Å². The van der Waals surface area contributed by atoms with E-state index in [1.807, 2.05) is 0 Å². The van der Waals surface area contributed by atoms with Gasteiger partial charge in [-0.2, -0.15) is 18.4 Å². The summed E-state index contributed by atoms with van der Waals surface area (Å²) in [6, 6.07) is 4.95. The molecule has 1 amide bonds. The number of hydrogen-bond donors (Lipinski definition) is 2. The Bertz CT molecular complexity index is 920. The summed E-state index contributed by atoms with van der Waals surface area (Å²) in [7, 11) is -3.91. The predicted molar refractivity (Wildman–Crippen MR) is 106 cm³/mol. The molecule has 2 fully saturated rings. The van der Waals surface area contributed by atoms with Crippen LogP contribution in [0.25, 0.3) is 0 Å². The fraction of sp³-hybridized carbons (Fsp3) is 0.600. The maximum absolute atomic E-state index is 12.7. The molecule has 0 bridgehead atoms. The lowest BCUT2D eigenvalue weighted by atomic mass is 9.92. The molecule has 31 heavy (non-hydrogen) atoms. The molecule has 2 aliphatic rings. The zero-order valence-corrected chi connectivity index (χ0v) is 17.7. The van der Waals surface area contributed by atoms with Gasteiger partial charge in [-0.05, 0) is 62.8 Å². The molecule has 1 heterocycles. The minimum absolute atomic E-state index is 0.0684. The first kappa shape index (κ1) is 23.5. The molecule has 1 aromatic carbocycles. The van der Waals surface area contributed by atoms with Crippen LogP contribution in [0.1, 0.15) is 44.1 Å². The average Bonchev–Trinajstić information content (AvgIpc) is 3.21. The Morgan fingerprint density at radius 1 is 1.10 bits per heavy atom. The topological polar surface area (TPSA) is 102 Å². The van der Waals surface area contributed by atoms with Gasteiger partial charge in [-0.1, -0.05) is 0 Å². The fourth-order valence-corrected chi connectivity index (χ4v) is 5.36. The molecule has 1 saturated heterocycles. The Morgan fingerprint density at radius 2 is 1.71 bits per heavy atom. The molecule has 3 rings (SSSR count). The highest BCUT2D eigenvalue weighted by Gasteiger charge is 2.32. The van der Waals surface area contributed by atoms with Crippen molar-refractivity contribution < 1.29 is 26.4 Å². The van der Waals surface area contributed by atoms with Gasteiger partial charge in [0.25, 0.3) is 0 Å². The van der Waals surface area contributed by atoms with Crippen molar-refractivity contribution >= 4 is 15.9 Å². The summed E-state index contributed by atoms with van der Waals surface area (Å²) >= 11 is 0. The molecule has 170 valence electrons. The molecule has 1 atom stereocenters. The molecule has 1 aliphatic carbocycles. The number of carbonyl (C=O) groups excluding carboxylic acids is 1. The lowest BCUT2D eigenvalue weighted by molar-refractivity contribution is -0.137.